The molecule has 0 bridgehead atoms. The number of Topliss-reactive ketones (excluding diaryl/α,β-unsaturated/α-hetero) is 2. The fraction of sp³-hybridized carbons (Fsp3) is 0.125. The number of carbonyl (C=O) groups excluding carboxylic acids is 3. The molecule has 3 aromatic rings. The van der Waals surface area contributed by atoms with Crippen LogP contribution in [0.1, 0.15) is 50.0 Å². The van der Waals surface area contributed by atoms with Crippen LogP contribution in [0.15, 0.2) is 66.7 Å². The van der Waals surface area contributed by atoms with E-state index in [0.29, 0.717) is 35.2 Å². The second-order valence-electron chi connectivity index (χ2n) is 6.89. The summed E-state index contributed by atoms with van der Waals surface area (Å²) in [5.74, 6) is -0.174. The van der Waals surface area contributed by atoms with Crippen molar-refractivity contribution in [2.24, 2.45) is 0 Å². The number of nitrogens with one attached hydrogen (secondary N) is 1. The predicted octanol–water partition coefficient (Wildman–Crippen LogP) is 4.94. The van der Waals surface area contributed by atoms with Gasteiger partial charge in [-0.25, -0.2) is 0 Å². The minimum atomic E-state index is -0.235. The van der Waals surface area contributed by atoms with E-state index in [4.69, 9.17) is 0 Å². The third kappa shape index (κ3) is 3.25. The van der Waals surface area contributed by atoms with Crippen molar-refractivity contribution in [3.05, 3.63) is 89.0 Å². The van der Waals surface area contributed by atoms with Crippen LogP contribution in [0.3, 0.4) is 0 Å². The minimum absolute atomic E-state index is 0.0194. The topological polar surface area (TPSA) is 63.2 Å². The lowest BCUT2D eigenvalue weighted by Gasteiger charge is -2.14. The van der Waals surface area contributed by atoms with E-state index in [9.17, 15) is 14.4 Å². The Morgan fingerprint density at radius 2 is 1.54 bits per heavy atom. The maximum absolute atomic E-state index is 12.5. The third-order valence-electron chi connectivity index (χ3n) is 5.08. The molecule has 0 saturated heterocycles. The highest BCUT2D eigenvalue weighted by atomic mass is 16.2. The third-order valence-corrected chi connectivity index (χ3v) is 5.08. The minimum Gasteiger partial charge on any atom is -0.321 e. The van der Waals surface area contributed by atoms with Crippen molar-refractivity contribution in [2.45, 2.75) is 19.8 Å². The molecule has 4 rings (SSSR count). The summed E-state index contributed by atoms with van der Waals surface area (Å²) in [6.45, 7) is 1.54. The van der Waals surface area contributed by atoms with E-state index in [1.807, 2.05) is 24.3 Å². The molecule has 3 aromatic carbocycles. The van der Waals surface area contributed by atoms with Crippen molar-refractivity contribution in [1.29, 1.82) is 0 Å². The first-order chi connectivity index (χ1) is 13.5. The Bertz CT molecular complexity index is 1080. The zero-order valence-corrected chi connectivity index (χ0v) is 15.5. The summed E-state index contributed by atoms with van der Waals surface area (Å²) in [6, 6.07) is 20.1. The van der Waals surface area contributed by atoms with E-state index in [2.05, 4.69) is 5.32 Å². The molecule has 0 aliphatic heterocycles. The predicted molar refractivity (Wildman–Crippen MR) is 109 cm³/mol. The molecule has 0 atom stereocenters. The normalized spacial score (nSPS) is 12.5. The van der Waals surface area contributed by atoms with Crippen LogP contribution in [0.2, 0.25) is 0 Å². The van der Waals surface area contributed by atoms with E-state index < -0.39 is 0 Å². The first kappa shape index (κ1) is 17.9. The van der Waals surface area contributed by atoms with Gasteiger partial charge in [-0.15, -0.1) is 0 Å². The van der Waals surface area contributed by atoms with Gasteiger partial charge in [0, 0.05) is 23.1 Å². The second-order valence-corrected chi connectivity index (χ2v) is 6.89. The Kier molecular flexibility index (Phi) is 4.62. The van der Waals surface area contributed by atoms with Crippen molar-refractivity contribution in [3.63, 3.8) is 0 Å². The summed E-state index contributed by atoms with van der Waals surface area (Å²) >= 11 is 0. The number of amides is 1. The van der Waals surface area contributed by atoms with E-state index >= 15 is 0 Å². The number of anilines is 1. The van der Waals surface area contributed by atoms with Gasteiger partial charge >= 0.3 is 0 Å². The van der Waals surface area contributed by atoms with Crippen molar-refractivity contribution in [3.8, 4) is 11.1 Å². The molecular formula is C24H19NO3. The summed E-state index contributed by atoms with van der Waals surface area (Å²) in [5, 5.41) is 2.89. The second kappa shape index (κ2) is 7.24. The van der Waals surface area contributed by atoms with Crippen LogP contribution in [0, 0.1) is 0 Å². The molecule has 0 saturated carbocycles. The highest BCUT2D eigenvalue weighted by molar-refractivity contribution is 6.12. The van der Waals surface area contributed by atoms with Gasteiger partial charge < -0.3 is 5.32 Å². The van der Waals surface area contributed by atoms with Crippen LogP contribution in [0.5, 0.6) is 0 Å². The zero-order chi connectivity index (χ0) is 19.7. The molecule has 1 aliphatic rings. The Hall–Kier alpha value is -3.53. The molecule has 4 heteroatoms. The molecule has 0 spiro atoms. The van der Waals surface area contributed by atoms with E-state index in [1.54, 1.807) is 42.5 Å². The van der Waals surface area contributed by atoms with Crippen molar-refractivity contribution in [2.75, 3.05) is 5.32 Å². The lowest BCUT2D eigenvalue weighted by molar-refractivity contribution is 0.0992. The molecule has 0 radical (unpaired) electrons. The van der Waals surface area contributed by atoms with Crippen LogP contribution in [0.25, 0.3) is 11.1 Å². The Morgan fingerprint density at radius 3 is 2.21 bits per heavy atom. The summed E-state index contributed by atoms with van der Waals surface area (Å²) < 4.78 is 0. The van der Waals surface area contributed by atoms with Gasteiger partial charge in [0.25, 0.3) is 5.91 Å². The number of carbonyl (C=O) groups is 3. The molecule has 1 N–H and O–H groups in total. The fourth-order valence-electron chi connectivity index (χ4n) is 3.63. The first-order valence-corrected chi connectivity index (χ1v) is 9.21. The average Bonchev–Trinajstić information content (AvgIpc) is 3.11. The van der Waals surface area contributed by atoms with Gasteiger partial charge in [-0.05, 0) is 48.2 Å². The molecule has 0 fully saturated rings. The van der Waals surface area contributed by atoms with Crippen molar-refractivity contribution < 1.29 is 14.4 Å². The van der Waals surface area contributed by atoms with Gasteiger partial charge in [0.15, 0.2) is 11.6 Å². The van der Waals surface area contributed by atoms with E-state index in [-0.39, 0.29) is 17.5 Å². The van der Waals surface area contributed by atoms with Gasteiger partial charge in [0.1, 0.15) is 0 Å². The lowest BCUT2D eigenvalue weighted by Crippen LogP contribution is -2.14. The Balaban J connectivity index is 1.72. The largest absolute Gasteiger partial charge is 0.321 e. The Morgan fingerprint density at radius 1 is 0.821 bits per heavy atom. The number of rotatable bonds is 4. The zero-order valence-electron chi connectivity index (χ0n) is 15.5. The SMILES string of the molecule is CC(=O)c1ccc(-c2ccc(NC(=O)c3ccccc3)c3c2CCC3=O)cc1. The molecule has 1 amide bonds. The van der Waals surface area contributed by atoms with Crippen LogP contribution in [-0.4, -0.2) is 17.5 Å². The maximum Gasteiger partial charge on any atom is 0.255 e. The molecule has 1 aliphatic carbocycles. The van der Waals surface area contributed by atoms with Gasteiger partial charge in [0.2, 0.25) is 0 Å². The van der Waals surface area contributed by atoms with Crippen LogP contribution >= 0.6 is 0 Å². The van der Waals surface area contributed by atoms with E-state index in [1.165, 1.54) is 6.92 Å². The smallest absolute Gasteiger partial charge is 0.255 e. The first-order valence-electron chi connectivity index (χ1n) is 9.21. The van der Waals surface area contributed by atoms with Crippen LogP contribution < -0.4 is 5.32 Å². The molecular weight excluding hydrogens is 350 g/mol. The number of ketones is 2. The standard InChI is InChI=1S/C24H19NO3/c1-15(26)16-7-9-17(10-8-16)19-11-13-21(23-20(19)12-14-22(23)27)25-24(28)18-5-3-2-4-6-18/h2-11,13H,12,14H2,1H3,(H,25,28). The monoisotopic (exact) mass is 369 g/mol. The Labute approximate surface area is 163 Å². The summed E-state index contributed by atoms with van der Waals surface area (Å²) in [5.41, 5.74) is 5.22. The number of benzene rings is 3. The number of fused-ring (bicyclic) bond motifs is 1. The molecule has 0 unspecified atom stereocenters. The van der Waals surface area contributed by atoms with Crippen molar-refractivity contribution in [1.82, 2.24) is 0 Å². The molecule has 138 valence electrons. The number of hydrogen-bond donors (Lipinski definition) is 1. The summed E-state index contributed by atoms with van der Waals surface area (Å²) in [6.07, 6.45) is 1.08. The highest BCUT2D eigenvalue weighted by Gasteiger charge is 2.27. The molecule has 28 heavy (non-hydrogen) atoms. The average molecular weight is 369 g/mol. The molecule has 0 aromatic heterocycles. The molecule has 4 nitrogen and oxygen atoms in total. The quantitative estimate of drug-likeness (QED) is 0.663. The van der Waals surface area contributed by atoms with Crippen molar-refractivity contribution >= 4 is 23.2 Å². The van der Waals surface area contributed by atoms with Gasteiger partial charge in [-0.2, -0.15) is 0 Å². The lowest BCUT2D eigenvalue weighted by atomic mass is 9.94. The van der Waals surface area contributed by atoms with Crippen LogP contribution in [-0.2, 0) is 6.42 Å². The molecule has 0 heterocycles. The fourth-order valence-corrected chi connectivity index (χ4v) is 3.63. The highest BCUT2D eigenvalue weighted by Crippen LogP contribution is 2.37. The van der Waals surface area contributed by atoms with Crippen LogP contribution in [0.4, 0.5) is 5.69 Å². The van der Waals surface area contributed by atoms with Gasteiger partial charge in [-0.1, -0.05) is 48.5 Å². The maximum atomic E-state index is 12.5. The number of hydrogen-bond acceptors (Lipinski definition) is 3. The van der Waals surface area contributed by atoms with E-state index in [0.717, 1.165) is 16.7 Å². The van der Waals surface area contributed by atoms with Gasteiger partial charge in [-0.3, -0.25) is 14.4 Å². The summed E-state index contributed by atoms with van der Waals surface area (Å²) in [4.78, 5) is 36.6. The van der Waals surface area contributed by atoms with Gasteiger partial charge in [0.05, 0.1) is 5.69 Å². The summed E-state index contributed by atoms with van der Waals surface area (Å²) in [7, 11) is 0.